The van der Waals surface area contributed by atoms with E-state index in [1.165, 1.54) is 0 Å². The van der Waals surface area contributed by atoms with Crippen LogP contribution in [0.15, 0.2) is 0 Å². The first-order valence-electron chi connectivity index (χ1n) is 6.94. The van der Waals surface area contributed by atoms with Crippen LogP contribution in [-0.2, 0) is 25.5 Å². The Morgan fingerprint density at radius 1 is 1.17 bits per heavy atom. The monoisotopic (exact) mass is 394 g/mol. The van der Waals surface area contributed by atoms with Crippen LogP contribution in [0.1, 0.15) is 0 Å². The molecule has 0 spiro atoms. The summed E-state index contributed by atoms with van der Waals surface area (Å²) in [6.45, 7) is -1.48. The SMILES string of the molecule is O=S(=O)([O-])O[C@@H]([C@H](O)[C@H](O)CO)[C@H](O)C[S+]1C[C@@H](O)[C@H](O)[C@H]1CO. The molecule has 1 rings (SSSR count). The zero-order valence-corrected chi connectivity index (χ0v) is 14.1. The fourth-order valence-corrected chi connectivity index (χ4v) is 5.61. The Kier molecular flexibility index (Phi) is 8.28. The average molecular weight is 394 g/mol. The summed E-state index contributed by atoms with van der Waals surface area (Å²) in [6, 6.07) is 0. The van der Waals surface area contributed by atoms with E-state index in [-0.39, 0.29) is 11.5 Å². The normalized spacial score (nSPS) is 33.2. The van der Waals surface area contributed by atoms with Crippen molar-refractivity contribution in [1.29, 1.82) is 0 Å². The quantitative estimate of drug-likeness (QED) is 0.111. The molecule has 1 fully saturated rings. The van der Waals surface area contributed by atoms with Gasteiger partial charge in [0.15, 0.2) is 5.25 Å². The Hall–Kier alpha value is -0.0600. The molecule has 0 radical (unpaired) electrons. The van der Waals surface area contributed by atoms with Crippen LogP contribution in [0.3, 0.4) is 0 Å². The van der Waals surface area contributed by atoms with Crippen LogP contribution in [0, 0.1) is 0 Å². The molecule has 0 saturated carbocycles. The fraction of sp³-hybridized carbons (Fsp3) is 1.00. The van der Waals surface area contributed by atoms with Crippen molar-refractivity contribution >= 4 is 21.3 Å². The van der Waals surface area contributed by atoms with Crippen LogP contribution in [0.5, 0.6) is 0 Å². The maximum Gasteiger partial charge on any atom is 0.218 e. The van der Waals surface area contributed by atoms with Crippen molar-refractivity contribution in [2.45, 2.75) is 41.9 Å². The second kappa shape index (κ2) is 9.05. The van der Waals surface area contributed by atoms with Gasteiger partial charge in [-0.3, -0.25) is 4.18 Å². The van der Waals surface area contributed by atoms with Gasteiger partial charge in [-0.1, -0.05) is 0 Å². The molecule has 1 heterocycles. The maximum absolute atomic E-state index is 10.8. The second-order valence-corrected chi connectivity index (χ2v) is 8.78. The van der Waals surface area contributed by atoms with Gasteiger partial charge < -0.3 is 40.3 Å². The Balaban J connectivity index is 2.89. The van der Waals surface area contributed by atoms with E-state index in [4.69, 9.17) is 5.11 Å². The number of rotatable bonds is 9. The molecule has 0 aromatic heterocycles. The van der Waals surface area contributed by atoms with Crippen LogP contribution in [0.4, 0.5) is 0 Å². The predicted molar refractivity (Wildman–Crippen MR) is 79.7 cm³/mol. The highest BCUT2D eigenvalue weighted by atomic mass is 32.3. The Morgan fingerprint density at radius 3 is 2.21 bits per heavy atom. The van der Waals surface area contributed by atoms with E-state index in [0.717, 1.165) is 0 Å². The first-order chi connectivity index (χ1) is 11.0. The molecule has 1 unspecified atom stereocenters. The summed E-state index contributed by atoms with van der Waals surface area (Å²) in [5.74, 6) is -0.298. The van der Waals surface area contributed by atoms with E-state index >= 15 is 0 Å². The molecule has 11 nitrogen and oxygen atoms in total. The highest BCUT2D eigenvalue weighted by Gasteiger charge is 2.51. The lowest BCUT2D eigenvalue weighted by atomic mass is 10.0. The van der Waals surface area contributed by atoms with Gasteiger partial charge in [0, 0.05) is 10.9 Å². The molecule has 1 aliphatic heterocycles. The van der Waals surface area contributed by atoms with Crippen molar-refractivity contribution in [1.82, 2.24) is 0 Å². The van der Waals surface area contributed by atoms with Gasteiger partial charge in [0.25, 0.3) is 0 Å². The molecular weight excluding hydrogens is 372 g/mol. The minimum absolute atomic E-state index is 0.0128. The van der Waals surface area contributed by atoms with Crippen molar-refractivity contribution in [3.05, 3.63) is 0 Å². The third-order valence-corrected chi connectivity index (χ3v) is 6.96. The average Bonchev–Trinajstić information content (AvgIpc) is 2.76. The summed E-state index contributed by atoms with van der Waals surface area (Å²) in [4.78, 5) is 0. The van der Waals surface area contributed by atoms with Crippen LogP contribution in [-0.4, -0.2) is 115 Å². The summed E-state index contributed by atoms with van der Waals surface area (Å²) in [5.41, 5.74) is 0. The van der Waals surface area contributed by atoms with Crippen molar-refractivity contribution in [3.8, 4) is 0 Å². The molecule has 1 saturated heterocycles. The third-order valence-electron chi connectivity index (χ3n) is 3.68. The van der Waals surface area contributed by atoms with Gasteiger partial charge in [-0.15, -0.1) is 0 Å². The fourth-order valence-electron chi connectivity index (χ4n) is 2.42. The van der Waals surface area contributed by atoms with Gasteiger partial charge in [-0.25, -0.2) is 8.42 Å². The number of hydrogen-bond acceptors (Lipinski definition) is 11. The van der Waals surface area contributed by atoms with Gasteiger partial charge in [-0.05, 0) is 0 Å². The number of aliphatic hydroxyl groups is 7. The minimum atomic E-state index is -5.34. The lowest BCUT2D eigenvalue weighted by Crippen LogP contribution is -2.51. The Bertz CT molecular complexity index is 486. The summed E-state index contributed by atoms with van der Waals surface area (Å²) in [6.07, 6.45) is -10.2. The molecule has 0 aromatic carbocycles. The van der Waals surface area contributed by atoms with Crippen LogP contribution < -0.4 is 0 Å². The molecular formula is C11H22O11S2. The number of hydrogen-bond donors (Lipinski definition) is 7. The van der Waals surface area contributed by atoms with Crippen molar-refractivity contribution in [3.63, 3.8) is 0 Å². The van der Waals surface area contributed by atoms with E-state index in [0.29, 0.717) is 0 Å². The van der Waals surface area contributed by atoms with E-state index in [1.54, 1.807) is 0 Å². The second-order valence-electron chi connectivity index (χ2n) is 5.43. The lowest BCUT2D eigenvalue weighted by Gasteiger charge is -2.30. The van der Waals surface area contributed by atoms with Crippen LogP contribution in [0.25, 0.3) is 0 Å². The molecule has 0 bridgehead atoms. The summed E-state index contributed by atoms with van der Waals surface area (Å²) >= 11 is 0. The first-order valence-corrected chi connectivity index (χ1v) is 9.90. The van der Waals surface area contributed by atoms with Crippen LogP contribution >= 0.6 is 0 Å². The minimum Gasteiger partial charge on any atom is -0.726 e. The van der Waals surface area contributed by atoms with E-state index in [9.17, 15) is 43.6 Å². The Labute approximate surface area is 141 Å². The molecule has 8 atom stereocenters. The third kappa shape index (κ3) is 5.74. The van der Waals surface area contributed by atoms with E-state index in [2.05, 4.69) is 4.18 Å². The van der Waals surface area contributed by atoms with Crippen molar-refractivity contribution in [2.24, 2.45) is 0 Å². The Morgan fingerprint density at radius 2 is 1.75 bits per heavy atom. The zero-order valence-electron chi connectivity index (χ0n) is 12.4. The molecule has 0 amide bonds. The predicted octanol–water partition coefficient (Wildman–Crippen LogP) is -5.38. The maximum atomic E-state index is 10.8. The van der Waals surface area contributed by atoms with Gasteiger partial charge in [0.05, 0.1) is 13.2 Å². The molecule has 1 aliphatic rings. The number of aliphatic hydroxyl groups excluding tert-OH is 7. The summed E-state index contributed by atoms with van der Waals surface area (Å²) in [5, 5.41) is 65.9. The molecule has 0 aliphatic carbocycles. The van der Waals surface area contributed by atoms with Gasteiger partial charge in [0.1, 0.15) is 48.1 Å². The lowest BCUT2D eigenvalue weighted by molar-refractivity contribution is -0.100. The standard InChI is InChI=1S/C11H22O11S2/c12-1-5(14)10(18)11(22-24(19,20)21)7(16)4-23-3-6(15)9(17)8(23)2-13/h5-18H,1-4H2/t5-,6-,7-,8-,9+,10-,11-,23?/m1/s1. The zero-order chi connectivity index (χ0) is 18.7. The molecule has 144 valence electrons. The summed E-state index contributed by atoms with van der Waals surface area (Å²) < 4.78 is 36.4. The van der Waals surface area contributed by atoms with E-state index < -0.39 is 76.4 Å². The highest BCUT2D eigenvalue weighted by Crippen LogP contribution is 2.26. The summed E-state index contributed by atoms with van der Waals surface area (Å²) in [7, 11) is -6.31. The van der Waals surface area contributed by atoms with E-state index in [1.807, 2.05) is 0 Å². The van der Waals surface area contributed by atoms with Gasteiger partial charge >= 0.3 is 0 Å². The smallest absolute Gasteiger partial charge is 0.218 e. The van der Waals surface area contributed by atoms with Crippen molar-refractivity contribution in [2.75, 3.05) is 24.7 Å². The van der Waals surface area contributed by atoms with Gasteiger partial charge in [-0.2, -0.15) is 0 Å². The molecule has 24 heavy (non-hydrogen) atoms. The molecule has 0 aromatic rings. The van der Waals surface area contributed by atoms with Crippen molar-refractivity contribution < 1.29 is 52.9 Å². The van der Waals surface area contributed by atoms with Crippen LogP contribution in [0.2, 0.25) is 0 Å². The molecule has 13 heteroatoms. The topological polar surface area (TPSA) is 208 Å². The van der Waals surface area contributed by atoms with Gasteiger partial charge in [0.2, 0.25) is 10.4 Å². The first kappa shape index (κ1) is 22.0. The molecule has 7 N–H and O–H groups in total. The largest absolute Gasteiger partial charge is 0.726 e. The highest BCUT2D eigenvalue weighted by molar-refractivity contribution is 7.97.